The maximum Gasteiger partial charge on any atom is 0.281 e. The highest BCUT2D eigenvalue weighted by Gasteiger charge is 2.30. The fraction of sp³-hybridized carbons (Fsp3) is 0.438. The molecule has 0 bridgehead atoms. The van der Waals surface area contributed by atoms with Crippen molar-refractivity contribution < 1.29 is 8.42 Å². The van der Waals surface area contributed by atoms with Crippen molar-refractivity contribution in [2.24, 2.45) is 0 Å². The lowest BCUT2D eigenvalue weighted by molar-refractivity contribution is 0.300. The van der Waals surface area contributed by atoms with Gasteiger partial charge in [0.05, 0.1) is 6.20 Å². The molecule has 0 atom stereocenters. The number of nitrogens with one attached hydrogen (secondary N) is 1. The van der Waals surface area contributed by atoms with Crippen molar-refractivity contribution in [2.75, 3.05) is 32.5 Å². The van der Waals surface area contributed by atoms with Crippen LogP contribution in [0.15, 0.2) is 36.8 Å². The van der Waals surface area contributed by atoms with E-state index < -0.39 is 10.2 Å². The first kappa shape index (κ1) is 17.7. The van der Waals surface area contributed by atoms with Crippen LogP contribution >= 0.6 is 0 Å². The van der Waals surface area contributed by atoms with Gasteiger partial charge in [-0.25, -0.2) is 9.97 Å². The number of piperidine rings is 1. The van der Waals surface area contributed by atoms with Gasteiger partial charge < -0.3 is 5.32 Å². The number of nitrogens with zero attached hydrogens (tertiary/aromatic N) is 5. The van der Waals surface area contributed by atoms with Gasteiger partial charge in [0.15, 0.2) is 0 Å². The molecule has 134 valence electrons. The van der Waals surface area contributed by atoms with Crippen LogP contribution in [0.25, 0.3) is 0 Å². The zero-order valence-corrected chi connectivity index (χ0v) is 15.1. The molecule has 0 amide bonds. The fourth-order valence-electron chi connectivity index (χ4n) is 2.86. The first-order chi connectivity index (χ1) is 12.0. The summed E-state index contributed by atoms with van der Waals surface area (Å²) in [5.41, 5.74) is 0.968. The average molecular weight is 362 g/mol. The predicted octanol–water partition coefficient (Wildman–Crippen LogP) is 1.60. The van der Waals surface area contributed by atoms with E-state index >= 15 is 0 Å². The molecule has 9 heteroatoms. The Balaban J connectivity index is 1.67. The Morgan fingerprint density at radius 1 is 1.16 bits per heavy atom. The third-order valence-corrected chi connectivity index (χ3v) is 6.19. The largest absolute Gasteiger partial charge is 0.324 e. The summed E-state index contributed by atoms with van der Waals surface area (Å²) >= 11 is 0. The molecule has 3 heterocycles. The van der Waals surface area contributed by atoms with Gasteiger partial charge in [-0.15, -0.1) is 0 Å². The molecule has 0 aromatic carbocycles. The van der Waals surface area contributed by atoms with E-state index in [1.807, 2.05) is 18.2 Å². The standard InChI is InChI=1S/C16H22N6O2S/c1-21(2)25(23,24)22-10-6-13(7-11-22)14-4-3-5-15(19-14)20-16-12-17-8-9-18-16/h3-5,8-9,12-13H,6-7,10-11H2,1-2H3,(H,18,19,20). The normalized spacial score (nSPS) is 16.9. The first-order valence-electron chi connectivity index (χ1n) is 8.14. The van der Waals surface area contributed by atoms with E-state index in [9.17, 15) is 8.42 Å². The van der Waals surface area contributed by atoms with Crippen LogP contribution in [0, 0.1) is 0 Å². The van der Waals surface area contributed by atoms with E-state index in [4.69, 9.17) is 0 Å². The highest BCUT2D eigenvalue weighted by atomic mass is 32.2. The molecule has 0 aliphatic carbocycles. The fourth-order valence-corrected chi connectivity index (χ4v) is 3.99. The highest BCUT2D eigenvalue weighted by molar-refractivity contribution is 7.86. The van der Waals surface area contributed by atoms with E-state index in [-0.39, 0.29) is 5.92 Å². The summed E-state index contributed by atoms with van der Waals surface area (Å²) in [5, 5.41) is 3.13. The van der Waals surface area contributed by atoms with Crippen LogP contribution in [0.4, 0.5) is 11.6 Å². The van der Waals surface area contributed by atoms with Crippen molar-refractivity contribution in [2.45, 2.75) is 18.8 Å². The Morgan fingerprint density at radius 3 is 2.56 bits per heavy atom. The highest BCUT2D eigenvalue weighted by Crippen LogP contribution is 2.29. The molecule has 0 unspecified atom stereocenters. The molecule has 1 saturated heterocycles. The van der Waals surface area contributed by atoms with Crippen molar-refractivity contribution >= 4 is 21.8 Å². The van der Waals surface area contributed by atoms with Gasteiger partial charge in [0.1, 0.15) is 11.6 Å². The van der Waals surface area contributed by atoms with Crippen LogP contribution in [0.3, 0.4) is 0 Å². The summed E-state index contributed by atoms with van der Waals surface area (Å²) in [7, 11) is -0.215. The molecule has 3 rings (SSSR count). The third-order valence-electron chi connectivity index (χ3n) is 4.25. The Hall–Kier alpha value is -2.10. The van der Waals surface area contributed by atoms with Crippen molar-refractivity contribution in [3.8, 4) is 0 Å². The molecule has 1 aliphatic heterocycles. The van der Waals surface area contributed by atoms with E-state index in [1.165, 1.54) is 8.61 Å². The van der Waals surface area contributed by atoms with Crippen LogP contribution in [0.1, 0.15) is 24.5 Å². The topological polar surface area (TPSA) is 91.3 Å². The average Bonchev–Trinajstić information content (AvgIpc) is 2.63. The molecule has 2 aromatic heterocycles. The number of rotatable bonds is 5. The molecule has 0 spiro atoms. The predicted molar refractivity (Wildman–Crippen MR) is 95.7 cm³/mol. The van der Waals surface area contributed by atoms with Gasteiger partial charge >= 0.3 is 0 Å². The second-order valence-electron chi connectivity index (χ2n) is 6.13. The zero-order valence-electron chi connectivity index (χ0n) is 14.3. The van der Waals surface area contributed by atoms with Crippen LogP contribution in [0.5, 0.6) is 0 Å². The minimum atomic E-state index is -3.34. The molecule has 8 nitrogen and oxygen atoms in total. The Morgan fingerprint density at radius 2 is 1.92 bits per heavy atom. The van der Waals surface area contributed by atoms with Crippen LogP contribution in [-0.2, 0) is 10.2 Å². The second-order valence-corrected chi connectivity index (χ2v) is 8.27. The van der Waals surface area contributed by atoms with Gasteiger partial charge in [-0.3, -0.25) is 4.98 Å². The molecule has 0 radical (unpaired) electrons. The van der Waals surface area contributed by atoms with Crippen LogP contribution < -0.4 is 5.32 Å². The molecule has 1 N–H and O–H groups in total. The maximum absolute atomic E-state index is 12.2. The maximum atomic E-state index is 12.2. The number of hydrogen-bond acceptors (Lipinski definition) is 6. The van der Waals surface area contributed by atoms with Crippen molar-refractivity contribution in [1.29, 1.82) is 0 Å². The third kappa shape index (κ3) is 4.12. The molecule has 25 heavy (non-hydrogen) atoms. The summed E-state index contributed by atoms with van der Waals surface area (Å²) in [6, 6.07) is 5.82. The van der Waals surface area contributed by atoms with Crippen molar-refractivity contribution in [3.63, 3.8) is 0 Å². The lowest BCUT2D eigenvalue weighted by Crippen LogP contribution is -2.44. The minimum Gasteiger partial charge on any atom is -0.324 e. The molecule has 2 aromatic rings. The summed E-state index contributed by atoms with van der Waals surface area (Å²) in [6.45, 7) is 1.02. The Bertz CT molecular complexity index is 804. The first-order valence-corrected chi connectivity index (χ1v) is 9.54. The number of hydrogen-bond donors (Lipinski definition) is 1. The molecular formula is C16H22N6O2S. The van der Waals surface area contributed by atoms with Gasteiger partial charge in [0, 0.05) is 51.2 Å². The smallest absolute Gasteiger partial charge is 0.281 e. The molecule has 0 saturated carbocycles. The van der Waals surface area contributed by atoms with Gasteiger partial charge in [0.2, 0.25) is 0 Å². The van der Waals surface area contributed by atoms with Crippen LogP contribution in [-0.4, -0.2) is 59.2 Å². The lowest BCUT2D eigenvalue weighted by atomic mass is 9.94. The number of anilines is 2. The molecule has 1 aliphatic rings. The minimum absolute atomic E-state index is 0.247. The summed E-state index contributed by atoms with van der Waals surface area (Å²) < 4.78 is 27.2. The summed E-state index contributed by atoms with van der Waals surface area (Å²) in [6.07, 6.45) is 6.39. The van der Waals surface area contributed by atoms with Crippen molar-refractivity contribution in [1.82, 2.24) is 23.6 Å². The number of pyridine rings is 1. The van der Waals surface area contributed by atoms with Gasteiger partial charge in [-0.2, -0.15) is 17.0 Å². The monoisotopic (exact) mass is 362 g/mol. The van der Waals surface area contributed by atoms with Gasteiger partial charge in [-0.1, -0.05) is 6.07 Å². The van der Waals surface area contributed by atoms with Crippen LogP contribution in [0.2, 0.25) is 0 Å². The Kier molecular flexibility index (Phi) is 5.26. The number of aromatic nitrogens is 3. The van der Waals surface area contributed by atoms with E-state index in [0.29, 0.717) is 24.7 Å². The quantitative estimate of drug-likeness (QED) is 0.869. The van der Waals surface area contributed by atoms with Crippen molar-refractivity contribution in [3.05, 3.63) is 42.5 Å². The van der Waals surface area contributed by atoms with E-state index in [1.54, 1.807) is 32.7 Å². The van der Waals surface area contributed by atoms with Gasteiger partial charge in [-0.05, 0) is 25.0 Å². The van der Waals surface area contributed by atoms with E-state index in [2.05, 4.69) is 20.3 Å². The Labute approximate surface area is 148 Å². The van der Waals surface area contributed by atoms with E-state index in [0.717, 1.165) is 18.5 Å². The summed E-state index contributed by atoms with van der Waals surface area (Å²) in [4.78, 5) is 12.9. The van der Waals surface area contributed by atoms with Gasteiger partial charge in [0.25, 0.3) is 10.2 Å². The lowest BCUT2D eigenvalue weighted by Gasteiger charge is -2.32. The summed E-state index contributed by atoms with van der Waals surface area (Å²) in [5.74, 6) is 1.60. The molecular weight excluding hydrogens is 340 g/mol. The molecule has 1 fully saturated rings. The SMILES string of the molecule is CN(C)S(=O)(=O)N1CCC(c2cccc(Nc3cnccn3)n2)CC1. The second kappa shape index (κ2) is 7.42. The zero-order chi connectivity index (χ0) is 17.9.